The molecule has 2 N–H and O–H groups in total. The lowest BCUT2D eigenvalue weighted by Gasteiger charge is -2.41. The molecule has 0 spiro atoms. The SMILES string of the molecule is COc1ccc(CNC(C)(CSC2(C(=O)O)CCC2)c2cc(Br)ccc2F)c(OC)c1. The molecule has 1 unspecified atom stereocenters. The van der Waals surface area contributed by atoms with Crippen molar-refractivity contribution in [2.24, 2.45) is 0 Å². The van der Waals surface area contributed by atoms with E-state index in [0.717, 1.165) is 16.5 Å². The van der Waals surface area contributed by atoms with Gasteiger partial charge in [-0.1, -0.05) is 22.0 Å². The minimum atomic E-state index is -0.804. The van der Waals surface area contributed by atoms with Gasteiger partial charge in [0, 0.05) is 34.0 Å². The molecule has 168 valence electrons. The van der Waals surface area contributed by atoms with E-state index in [0.29, 0.717) is 42.2 Å². The van der Waals surface area contributed by atoms with E-state index in [1.165, 1.54) is 17.8 Å². The number of methoxy groups -OCH3 is 2. The fraction of sp³-hybridized carbons (Fsp3) is 0.435. The van der Waals surface area contributed by atoms with Crippen LogP contribution in [0, 0.1) is 5.82 Å². The highest BCUT2D eigenvalue weighted by atomic mass is 79.9. The van der Waals surface area contributed by atoms with E-state index >= 15 is 0 Å². The first kappa shape index (κ1) is 23.9. The first-order chi connectivity index (χ1) is 14.7. The van der Waals surface area contributed by atoms with Gasteiger partial charge in [-0.15, -0.1) is 11.8 Å². The van der Waals surface area contributed by atoms with Crippen LogP contribution in [0.25, 0.3) is 0 Å². The van der Waals surface area contributed by atoms with E-state index in [2.05, 4.69) is 21.2 Å². The van der Waals surface area contributed by atoms with Gasteiger partial charge in [-0.25, -0.2) is 4.39 Å². The number of carboxylic acids is 1. The number of rotatable bonds is 10. The van der Waals surface area contributed by atoms with Crippen molar-refractivity contribution in [2.75, 3.05) is 20.0 Å². The minimum absolute atomic E-state index is 0.335. The number of carbonyl (C=O) groups is 1. The molecule has 0 aliphatic heterocycles. The highest BCUT2D eigenvalue weighted by Crippen LogP contribution is 2.47. The molecule has 1 aliphatic carbocycles. The number of ether oxygens (including phenoxy) is 2. The van der Waals surface area contributed by atoms with Crippen molar-refractivity contribution in [3.8, 4) is 11.5 Å². The Kier molecular flexibility index (Phi) is 7.55. The average Bonchev–Trinajstić information content (AvgIpc) is 2.72. The summed E-state index contributed by atoms with van der Waals surface area (Å²) in [6, 6.07) is 10.4. The van der Waals surface area contributed by atoms with Crippen molar-refractivity contribution in [1.29, 1.82) is 0 Å². The number of carboxylic acid groups (broad SMARTS) is 1. The van der Waals surface area contributed by atoms with E-state index in [1.54, 1.807) is 32.4 Å². The lowest BCUT2D eigenvalue weighted by Crippen LogP contribution is -2.47. The predicted octanol–water partition coefficient (Wildman–Crippen LogP) is 5.35. The van der Waals surface area contributed by atoms with Crippen molar-refractivity contribution in [2.45, 2.75) is 43.0 Å². The number of nitrogens with one attached hydrogen (secondary N) is 1. The largest absolute Gasteiger partial charge is 0.497 e. The van der Waals surface area contributed by atoms with Crippen LogP contribution in [-0.2, 0) is 16.9 Å². The van der Waals surface area contributed by atoms with Gasteiger partial charge < -0.3 is 19.9 Å². The fourth-order valence-electron chi connectivity index (χ4n) is 3.63. The molecule has 0 aromatic heterocycles. The van der Waals surface area contributed by atoms with Gasteiger partial charge in [0.05, 0.1) is 19.8 Å². The molecule has 1 atom stereocenters. The molecule has 0 heterocycles. The molecule has 0 bridgehead atoms. The van der Waals surface area contributed by atoms with Gasteiger partial charge in [0.1, 0.15) is 22.1 Å². The predicted molar refractivity (Wildman–Crippen MR) is 125 cm³/mol. The molecule has 1 fully saturated rings. The van der Waals surface area contributed by atoms with Crippen LogP contribution in [0.3, 0.4) is 0 Å². The van der Waals surface area contributed by atoms with Crippen molar-refractivity contribution < 1.29 is 23.8 Å². The molecule has 2 aromatic carbocycles. The van der Waals surface area contributed by atoms with Crippen molar-refractivity contribution in [3.05, 3.63) is 57.8 Å². The molecule has 8 heteroatoms. The minimum Gasteiger partial charge on any atom is -0.497 e. The Balaban J connectivity index is 1.89. The van der Waals surface area contributed by atoms with E-state index in [-0.39, 0.29) is 5.82 Å². The molecule has 1 saturated carbocycles. The van der Waals surface area contributed by atoms with E-state index < -0.39 is 16.3 Å². The van der Waals surface area contributed by atoms with Crippen LogP contribution < -0.4 is 14.8 Å². The second-order valence-corrected chi connectivity index (χ2v) is 10.2. The molecule has 3 rings (SSSR count). The molecule has 5 nitrogen and oxygen atoms in total. The van der Waals surface area contributed by atoms with Crippen LogP contribution in [-0.4, -0.2) is 35.8 Å². The second-order valence-electron chi connectivity index (χ2n) is 7.93. The Morgan fingerprint density at radius 2 is 2.00 bits per heavy atom. The van der Waals surface area contributed by atoms with Gasteiger partial charge in [0.2, 0.25) is 0 Å². The van der Waals surface area contributed by atoms with Crippen LogP contribution in [0.15, 0.2) is 40.9 Å². The van der Waals surface area contributed by atoms with Crippen LogP contribution in [0.1, 0.15) is 37.3 Å². The molecule has 2 aromatic rings. The summed E-state index contributed by atoms with van der Waals surface area (Å²) in [6.45, 7) is 2.32. The van der Waals surface area contributed by atoms with Crippen molar-refractivity contribution in [1.82, 2.24) is 5.32 Å². The average molecular weight is 512 g/mol. The van der Waals surface area contributed by atoms with E-state index in [4.69, 9.17) is 9.47 Å². The fourth-order valence-corrected chi connectivity index (χ4v) is 5.52. The maximum Gasteiger partial charge on any atom is 0.319 e. The Labute approximate surface area is 194 Å². The number of benzene rings is 2. The second kappa shape index (κ2) is 9.79. The van der Waals surface area contributed by atoms with E-state index in [1.807, 2.05) is 19.1 Å². The van der Waals surface area contributed by atoms with Gasteiger partial charge in [-0.3, -0.25) is 4.79 Å². The van der Waals surface area contributed by atoms with Crippen LogP contribution >= 0.6 is 27.7 Å². The van der Waals surface area contributed by atoms with Gasteiger partial charge in [-0.2, -0.15) is 0 Å². The molecule has 0 amide bonds. The number of hydrogen-bond donors (Lipinski definition) is 2. The van der Waals surface area contributed by atoms with E-state index in [9.17, 15) is 14.3 Å². The Morgan fingerprint density at radius 3 is 2.58 bits per heavy atom. The Bertz CT molecular complexity index is 953. The summed E-state index contributed by atoms with van der Waals surface area (Å²) in [5, 5.41) is 13.2. The molecular weight excluding hydrogens is 485 g/mol. The zero-order valence-corrected chi connectivity index (χ0v) is 20.2. The lowest BCUT2D eigenvalue weighted by molar-refractivity contribution is -0.142. The summed E-state index contributed by atoms with van der Waals surface area (Å²) in [7, 11) is 3.18. The topological polar surface area (TPSA) is 67.8 Å². The third-order valence-corrected chi connectivity index (χ3v) is 8.22. The monoisotopic (exact) mass is 511 g/mol. The smallest absolute Gasteiger partial charge is 0.319 e. The molecule has 1 aliphatic rings. The normalized spacial score (nSPS) is 16.8. The van der Waals surface area contributed by atoms with Crippen molar-refractivity contribution in [3.63, 3.8) is 0 Å². The molecule has 0 saturated heterocycles. The maximum atomic E-state index is 14.9. The van der Waals surface area contributed by atoms with Gasteiger partial charge >= 0.3 is 5.97 Å². The van der Waals surface area contributed by atoms with Crippen LogP contribution in [0.4, 0.5) is 4.39 Å². The first-order valence-corrected chi connectivity index (χ1v) is 11.8. The van der Waals surface area contributed by atoms with Crippen LogP contribution in [0.2, 0.25) is 0 Å². The summed E-state index contributed by atoms with van der Waals surface area (Å²) in [6.07, 6.45) is 2.17. The molecule has 0 radical (unpaired) electrons. The quantitative estimate of drug-likeness (QED) is 0.448. The third kappa shape index (κ3) is 5.18. The summed E-state index contributed by atoms with van der Waals surface area (Å²) in [5.41, 5.74) is 0.579. The first-order valence-electron chi connectivity index (χ1n) is 10.0. The maximum absolute atomic E-state index is 14.9. The summed E-state index contributed by atoms with van der Waals surface area (Å²) >= 11 is 4.82. The lowest BCUT2D eigenvalue weighted by atomic mass is 9.84. The third-order valence-electron chi connectivity index (χ3n) is 5.87. The number of aliphatic carboxylic acids is 1. The Hall–Kier alpha value is -1.77. The highest BCUT2D eigenvalue weighted by Gasteiger charge is 2.46. The summed E-state index contributed by atoms with van der Waals surface area (Å²) < 4.78 is 25.6. The summed E-state index contributed by atoms with van der Waals surface area (Å²) in [4.78, 5) is 11.9. The highest BCUT2D eigenvalue weighted by molar-refractivity contribution is 9.10. The molecule has 31 heavy (non-hydrogen) atoms. The van der Waals surface area contributed by atoms with Gasteiger partial charge in [0.15, 0.2) is 0 Å². The summed E-state index contributed by atoms with van der Waals surface area (Å²) in [5.74, 6) is 0.629. The Morgan fingerprint density at radius 1 is 1.26 bits per heavy atom. The molecular formula is C23H27BrFNO4S. The van der Waals surface area contributed by atoms with Crippen LogP contribution in [0.5, 0.6) is 11.5 Å². The number of halogens is 2. The van der Waals surface area contributed by atoms with Crippen molar-refractivity contribution >= 4 is 33.7 Å². The van der Waals surface area contributed by atoms with Gasteiger partial charge in [-0.05, 0) is 50.5 Å². The standard InChI is InChI=1S/C23H27BrFNO4S/c1-22(18-11-16(24)6-8-19(18)25,14-31-23(21(27)28)9-4-10-23)26-13-15-5-7-17(29-2)12-20(15)30-3/h5-8,11-12,26H,4,9-10,13-14H2,1-3H3,(H,27,28). The number of thioether (sulfide) groups is 1. The number of hydrogen-bond acceptors (Lipinski definition) is 5. The zero-order chi connectivity index (χ0) is 22.6. The zero-order valence-electron chi connectivity index (χ0n) is 17.8. The van der Waals surface area contributed by atoms with Gasteiger partial charge in [0.25, 0.3) is 0 Å².